The number of unbranched alkanes of at least 4 members (excludes halogenated alkanes) is 43. The number of phosphoric ester groups is 1. The fraction of sp³-hybridized carbons (Fsp3) is 0.861. The Bertz CT molecular complexity index is 1540. The number of nitrogens with zero attached hydrogens (tertiary/aromatic N) is 1. The lowest BCUT2D eigenvalue weighted by molar-refractivity contribution is -0.870. The molecule has 0 aliphatic carbocycles. The van der Waals surface area contributed by atoms with E-state index in [-0.39, 0.29) is 31.5 Å². The van der Waals surface area contributed by atoms with Crippen LogP contribution in [0.4, 0.5) is 0 Å². The van der Waals surface area contributed by atoms with Gasteiger partial charge in [0.1, 0.15) is 19.3 Å². The highest BCUT2D eigenvalue weighted by Gasteiger charge is 2.27. The summed E-state index contributed by atoms with van der Waals surface area (Å²) in [5, 5.41) is 3.05. The van der Waals surface area contributed by atoms with Crippen LogP contribution >= 0.6 is 7.82 Å². The first-order valence-corrected chi connectivity index (χ1v) is 36.9. The van der Waals surface area contributed by atoms with Gasteiger partial charge in [-0.3, -0.25) is 14.2 Å². The summed E-state index contributed by atoms with van der Waals surface area (Å²) < 4.78 is 30.4. The molecule has 0 saturated heterocycles. The van der Waals surface area contributed by atoms with E-state index in [9.17, 15) is 19.0 Å². The van der Waals surface area contributed by atoms with Crippen molar-refractivity contribution >= 4 is 19.7 Å². The van der Waals surface area contributed by atoms with E-state index in [0.717, 1.165) is 83.5 Å². The second kappa shape index (κ2) is 62.0. The summed E-state index contributed by atoms with van der Waals surface area (Å²) in [5.41, 5.74) is 0. The van der Waals surface area contributed by atoms with Crippen LogP contribution in [-0.2, 0) is 27.9 Å². The Labute approximate surface area is 509 Å². The van der Waals surface area contributed by atoms with Gasteiger partial charge >= 0.3 is 5.97 Å². The molecule has 0 bridgehead atoms. The van der Waals surface area contributed by atoms with E-state index in [1.807, 2.05) is 33.3 Å². The molecule has 82 heavy (non-hydrogen) atoms. The third kappa shape index (κ3) is 62.5. The molecule has 0 aromatic carbocycles. The van der Waals surface area contributed by atoms with Gasteiger partial charge in [0.05, 0.1) is 33.8 Å². The van der Waals surface area contributed by atoms with E-state index in [4.69, 9.17) is 13.8 Å². The third-order valence-corrected chi connectivity index (χ3v) is 17.0. The maximum absolute atomic E-state index is 13.6. The monoisotopic (exact) mass is 1170 g/mol. The SMILES string of the molecule is CCCCC/C=C\C/C=C\C/C=C\CCCCCCCCCCC(=O)OC(/C=C/CCCCCCCCCCCC)C(COP(=O)([O-])OCC[N+](C)(C)C)NC(=O)CCCCCCCCCCCCCCCCCCCCCCCCC. The molecule has 0 aromatic heterocycles. The fourth-order valence-electron chi connectivity index (χ4n) is 10.5. The summed E-state index contributed by atoms with van der Waals surface area (Å²) in [6.45, 7) is 6.86. The van der Waals surface area contributed by atoms with Gasteiger partial charge in [-0.25, -0.2) is 0 Å². The topological polar surface area (TPSA) is 114 Å². The standard InChI is InChI=1S/C72H137N2O7P/c1-7-10-13-16-19-22-25-28-30-32-34-36-37-39-40-42-44-46-49-52-55-58-61-64-71(75)73-69(68-80-82(77,78)79-67-66-74(4,5)6)70(63-60-57-54-51-48-27-24-21-18-15-12-9-3)81-72(76)65-62-59-56-53-50-47-45-43-41-38-35-33-31-29-26-23-20-17-14-11-8-2/h20,23,29,31,35,38,60,63,69-70H,7-19,21-22,24-28,30,32-34,36-37,39-59,61-62,64-68H2,1-6H3,(H-,73,75,77,78)/b23-20-,31-29-,38-35-,63-60+. The molecule has 482 valence electrons. The molecule has 0 aliphatic rings. The Morgan fingerprint density at radius 1 is 0.427 bits per heavy atom. The van der Waals surface area contributed by atoms with Gasteiger partial charge in [-0.15, -0.1) is 0 Å². The minimum Gasteiger partial charge on any atom is -0.756 e. The van der Waals surface area contributed by atoms with E-state index in [0.29, 0.717) is 17.4 Å². The zero-order chi connectivity index (χ0) is 60.0. The number of esters is 1. The molecule has 0 aliphatic heterocycles. The van der Waals surface area contributed by atoms with Gasteiger partial charge in [0.15, 0.2) is 0 Å². The van der Waals surface area contributed by atoms with Crippen molar-refractivity contribution < 1.29 is 37.3 Å². The number of amides is 1. The largest absolute Gasteiger partial charge is 0.756 e. The van der Waals surface area contributed by atoms with Gasteiger partial charge < -0.3 is 28.5 Å². The van der Waals surface area contributed by atoms with E-state index in [1.165, 1.54) is 231 Å². The smallest absolute Gasteiger partial charge is 0.306 e. The maximum atomic E-state index is 13.6. The molecule has 3 atom stereocenters. The lowest BCUT2D eigenvalue weighted by Crippen LogP contribution is -2.47. The van der Waals surface area contributed by atoms with Gasteiger partial charge in [0.25, 0.3) is 7.82 Å². The molecule has 0 fully saturated rings. The van der Waals surface area contributed by atoms with Crippen LogP contribution in [0.3, 0.4) is 0 Å². The van der Waals surface area contributed by atoms with E-state index in [1.54, 1.807) is 0 Å². The fourth-order valence-corrected chi connectivity index (χ4v) is 11.3. The van der Waals surface area contributed by atoms with E-state index in [2.05, 4.69) is 62.5 Å². The summed E-state index contributed by atoms with van der Waals surface area (Å²) >= 11 is 0. The summed E-state index contributed by atoms with van der Waals surface area (Å²) in [4.78, 5) is 40.2. The lowest BCUT2D eigenvalue weighted by atomic mass is 10.0. The second-order valence-corrected chi connectivity index (χ2v) is 26.8. The van der Waals surface area contributed by atoms with Crippen molar-refractivity contribution in [3.05, 3.63) is 48.6 Å². The molecular formula is C72H137N2O7P. The average molecular weight is 1170 g/mol. The van der Waals surface area contributed by atoms with Crippen molar-refractivity contribution in [2.24, 2.45) is 0 Å². The Hall–Kier alpha value is -2.03. The summed E-state index contributed by atoms with van der Waals surface area (Å²) in [6.07, 6.45) is 78.0. The summed E-state index contributed by atoms with van der Waals surface area (Å²) in [6, 6.07) is -0.890. The van der Waals surface area contributed by atoms with Crippen LogP contribution in [0.2, 0.25) is 0 Å². The summed E-state index contributed by atoms with van der Waals surface area (Å²) in [5.74, 6) is -0.533. The van der Waals surface area contributed by atoms with Crippen molar-refractivity contribution in [2.45, 2.75) is 360 Å². The molecule has 10 heteroatoms. The number of hydrogen-bond donors (Lipinski definition) is 1. The number of phosphoric acid groups is 1. The molecule has 0 spiro atoms. The van der Waals surface area contributed by atoms with Crippen LogP contribution in [0.5, 0.6) is 0 Å². The van der Waals surface area contributed by atoms with Crippen molar-refractivity contribution in [1.82, 2.24) is 5.32 Å². The number of carbonyl (C=O) groups excluding carboxylic acids is 2. The van der Waals surface area contributed by atoms with Crippen molar-refractivity contribution in [3.8, 4) is 0 Å². The highest BCUT2D eigenvalue weighted by molar-refractivity contribution is 7.45. The zero-order valence-electron chi connectivity index (χ0n) is 55.2. The number of ether oxygens (including phenoxy) is 1. The number of nitrogens with one attached hydrogen (secondary N) is 1. The Morgan fingerprint density at radius 2 is 0.744 bits per heavy atom. The number of carbonyl (C=O) groups is 2. The predicted octanol–water partition coefficient (Wildman–Crippen LogP) is 21.8. The Kier molecular flexibility index (Phi) is 60.5. The van der Waals surface area contributed by atoms with E-state index < -0.39 is 20.0 Å². The third-order valence-electron chi connectivity index (χ3n) is 16.0. The molecule has 9 nitrogen and oxygen atoms in total. The molecular weight excluding hydrogens is 1040 g/mol. The number of quaternary nitrogens is 1. The summed E-state index contributed by atoms with van der Waals surface area (Å²) in [7, 11) is 1.19. The van der Waals surface area contributed by atoms with Gasteiger partial charge in [-0.2, -0.15) is 0 Å². The first kappa shape index (κ1) is 80.0. The number of hydrogen-bond acceptors (Lipinski definition) is 7. The molecule has 0 rings (SSSR count). The second-order valence-electron chi connectivity index (χ2n) is 25.4. The Balaban J connectivity index is 5.07. The van der Waals surface area contributed by atoms with Crippen molar-refractivity contribution in [3.63, 3.8) is 0 Å². The van der Waals surface area contributed by atoms with Crippen LogP contribution in [0.1, 0.15) is 348 Å². The van der Waals surface area contributed by atoms with Crippen molar-refractivity contribution in [2.75, 3.05) is 40.9 Å². The van der Waals surface area contributed by atoms with Crippen LogP contribution in [0.25, 0.3) is 0 Å². The van der Waals surface area contributed by atoms with Crippen LogP contribution in [0, 0.1) is 0 Å². The zero-order valence-corrected chi connectivity index (χ0v) is 56.1. The molecule has 0 heterocycles. The molecule has 1 amide bonds. The maximum Gasteiger partial charge on any atom is 0.306 e. The number of rotatable bonds is 65. The van der Waals surface area contributed by atoms with E-state index >= 15 is 0 Å². The quantitative estimate of drug-likeness (QED) is 0.0212. The molecule has 0 saturated carbocycles. The first-order valence-electron chi connectivity index (χ1n) is 35.4. The highest BCUT2D eigenvalue weighted by Crippen LogP contribution is 2.38. The normalized spacial score (nSPS) is 13.8. The van der Waals surface area contributed by atoms with Gasteiger partial charge in [0.2, 0.25) is 5.91 Å². The Morgan fingerprint density at radius 3 is 1.13 bits per heavy atom. The first-order chi connectivity index (χ1) is 39.9. The minimum atomic E-state index is -4.70. The molecule has 1 N–H and O–H groups in total. The van der Waals surface area contributed by atoms with Crippen LogP contribution in [0.15, 0.2) is 48.6 Å². The van der Waals surface area contributed by atoms with Crippen molar-refractivity contribution in [1.29, 1.82) is 0 Å². The molecule has 0 aromatic rings. The molecule has 0 radical (unpaired) electrons. The highest BCUT2D eigenvalue weighted by atomic mass is 31.2. The predicted molar refractivity (Wildman–Crippen MR) is 353 cm³/mol. The van der Waals surface area contributed by atoms with Crippen LogP contribution < -0.4 is 10.2 Å². The van der Waals surface area contributed by atoms with Crippen LogP contribution in [-0.4, -0.2) is 69.4 Å². The van der Waals surface area contributed by atoms with Gasteiger partial charge in [-0.05, 0) is 70.3 Å². The number of likely N-dealkylation sites (N-methyl/N-ethyl adjacent to an activating group) is 1. The average Bonchev–Trinajstić information content (AvgIpc) is 3.44. The number of allylic oxidation sites excluding steroid dienone is 7. The van der Waals surface area contributed by atoms with Gasteiger partial charge in [0, 0.05) is 12.8 Å². The lowest BCUT2D eigenvalue weighted by Gasteiger charge is -2.30. The van der Waals surface area contributed by atoms with Gasteiger partial charge in [-0.1, -0.05) is 314 Å². The molecule has 3 unspecified atom stereocenters. The minimum absolute atomic E-state index is 0.0220.